The number of aryl methyl sites for hydroxylation is 1. The van der Waals surface area contributed by atoms with E-state index in [-0.39, 0.29) is 24.0 Å². The molecule has 0 aliphatic carbocycles. The van der Waals surface area contributed by atoms with E-state index in [0.29, 0.717) is 12.6 Å². The number of nitrogens with one attached hydrogen (secondary N) is 2. The summed E-state index contributed by atoms with van der Waals surface area (Å²) in [5.74, 6) is 2.91. The minimum atomic E-state index is 0. The van der Waals surface area contributed by atoms with Gasteiger partial charge in [0.1, 0.15) is 5.82 Å². The summed E-state index contributed by atoms with van der Waals surface area (Å²) in [6.45, 7) is 3.67. The predicted molar refractivity (Wildman–Crippen MR) is 122 cm³/mol. The van der Waals surface area contributed by atoms with E-state index in [1.165, 1.54) is 5.69 Å². The Morgan fingerprint density at radius 1 is 1.30 bits per heavy atom. The molecule has 7 nitrogen and oxygen atoms in total. The van der Waals surface area contributed by atoms with Crippen LogP contribution in [0.5, 0.6) is 0 Å². The van der Waals surface area contributed by atoms with Gasteiger partial charge in [0.25, 0.3) is 0 Å². The summed E-state index contributed by atoms with van der Waals surface area (Å²) in [5, 5.41) is 15.5. The third-order valence-electron chi connectivity index (χ3n) is 5.05. The maximum atomic E-state index is 4.37. The highest BCUT2D eigenvalue weighted by molar-refractivity contribution is 14.0. The lowest BCUT2D eigenvalue weighted by atomic mass is 10.3. The fourth-order valence-corrected chi connectivity index (χ4v) is 4.23. The number of fused-ring (bicyclic) bond motifs is 1. The Balaban J connectivity index is 0.00000210. The molecule has 1 unspecified atom stereocenters. The Morgan fingerprint density at radius 3 is 2.96 bits per heavy atom. The lowest BCUT2D eigenvalue weighted by molar-refractivity contribution is 0.630. The van der Waals surface area contributed by atoms with E-state index in [0.717, 1.165) is 61.0 Å². The van der Waals surface area contributed by atoms with Crippen molar-refractivity contribution in [2.24, 2.45) is 4.99 Å². The molecule has 0 spiro atoms. The van der Waals surface area contributed by atoms with Crippen LogP contribution in [0, 0.1) is 0 Å². The van der Waals surface area contributed by atoms with E-state index >= 15 is 0 Å². The monoisotopic (exact) mass is 545 g/mol. The highest BCUT2D eigenvalue weighted by Crippen LogP contribution is 2.28. The Morgan fingerprint density at radius 2 is 2.15 bits per heavy atom. The van der Waals surface area contributed by atoms with Crippen LogP contribution in [0.2, 0.25) is 0 Å². The number of para-hydroxylation sites is 1. The van der Waals surface area contributed by atoms with E-state index in [1.54, 1.807) is 0 Å². The van der Waals surface area contributed by atoms with Crippen LogP contribution >= 0.6 is 39.9 Å². The van der Waals surface area contributed by atoms with Crippen LogP contribution in [0.25, 0.3) is 0 Å². The molecule has 0 saturated carbocycles. The maximum Gasteiger partial charge on any atom is 0.191 e. The number of aliphatic imine (C=N–C) groups is 1. The Bertz CT molecular complexity index is 807. The summed E-state index contributed by atoms with van der Waals surface area (Å²) >= 11 is 3.65. The van der Waals surface area contributed by atoms with Gasteiger partial charge in [-0.1, -0.05) is 12.1 Å². The molecule has 0 amide bonds. The molecule has 2 aromatic rings. The van der Waals surface area contributed by atoms with Crippen LogP contribution in [0.3, 0.4) is 0 Å². The predicted octanol–water partition coefficient (Wildman–Crippen LogP) is 2.55. The summed E-state index contributed by atoms with van der Waals surface area (Å²) < 4.78 is 3.36. The Kier molecular flexibility index (Phi) is 6.96. The molecule has 1 fully saturated rings. The minimum absolute atomic E-state index is 0. The van der Waals surface area contributed by atoms with Crippen molar-refractivity contribution in [3.63, 3.8) is 0 Å². The number of hydrogen-bond donors (Lipinski definition) is 2. The molecule has 1 aromatic heterocycles. The first-order chi connectivity index (χ1) is 12.7. The first kappa shape index (κ1) is 20.4. The molecule has 3 heterocycles. The molecule has 0 bridgehead atoms. The van der Waals surface area contributed by atoms with Crippen molar-refractivity contribution in [3.8, 4) is 0 Å². The van der Waals surface area contributed by atoms with Crippen molar-refractivity contribution in [1.29, 1.82) is 0 Å². The third-order valence-corrected chi connectivity index (χ3v) is 5.72. The zero-order chi connectivity index (χ0) is 17.9. The van der Waals surface area contributed by atoms with Crippen LogP contribution in [-0.4, -0.2) is 46.9 Å². The van der Waals surface area contributed by atoms with Crippen molar-refractivity contribution in [2.45, 2.75) is 38.4 Å². The van der Waals surface area contributed by atoms with Crippen molar-refractivity contribution in [1.82, 2.24) is 25.4 Å². The molecule has 2 aliphatic heterocycles. The largest absolute Gasteiger partial charge is 0.368 e. The topological polar surface area (TPSA) is 70.4 Å². The van der Waals surface area contributed by atoms with Crippen LogP contribution in [0.1, 0.15) is 24.5 Å². The SMILES string of the molecule is CN=C(NCc1nnc2n1CCC2)NC1CCN(c2ccccc2Br)C1.I. The van der Waals surface area contributed by atoms with E-state index in [9.17, 15) is 0 Å². The van der Waals surface area contributed by atoms with Gasteiger partial charge in [-0.3, -0.25) is 4.99 Å². The van der Waals surface area contributed by atoms with Gasteiger partial charge in [-0.05, 0) is 40.9 Å². The summed E-state index contributed by atoms with van der Waals surface area (Å²) in [5.41, 5.74) is 1.25. The molecule has 1 aromatic carbocycles. The Labute approximate surface area is 185 Å². The number of hydrogen-bond acceptors (Lipinski definition) is 4. The van der Waals surface area contributed by atoms with Gasteiger partial charge in [-0.2, -0.15) is 0 Å². The molecular formula is C18H25BrIN7. The number of rotatable bonds is 4. The summed E-state index contributed by atoms with van der Waals surface area (Å²) in [7, 11) is 1.81. The van der Waals surface area contributed by atoms with Crippen molar-refractivity contribution in [2.75, 3.05) is 25.0 Å². The average Bonchev–Trinajstić information content (AvgIpc) is 3.37. The lowest BCUT2D eigenvalue weighted by Crippen LogP contribution is -2.44. The second-order valence-corrected chi connectivity index (χ2v) is 7.60. The molecule has 1 saturated heterocycles. The molecule has 0 radical (unpaired) electrons. The van der Waals surface area contributed by atoms with Gasteiger partial charge in [-0.15, -0.1) is 34.2 Å². The van der Waals surface area contributed by atoms with E-state index in [1.807, 2.05) is 13.1 Å². The van der Waals surface area contributed by atoms with Gasteiger partial charge < -0.3 is 20.1 Å². The quantitative estimate of drug-likeness (QED) is 0.351. The van der Waals surface area contributed by atoms with Crippen molar-refractivity contribution >= 4 is 51.6 Å². The summed E-state index contributed by atoms with van der Waals surface area (Å²) in [6.07, 6.45) is 3.28. The van der Waals surface area contributed by atoms with Gasteiger partial charge in [0.05, 0.1) is 12.2 Å². The van der Waals surface area contributed by atoms with E-state index < -0.39 is 0 Å². The molecule has 4 rings (SSSR count). The molecule has 1 atom stereocenters. The molecule has 9 heteroatoms. The number of anilines is 1. The van der Waals surface area contributed by atoms with Gasteiger partial charge in [-0.25, -0.2) is 0 Å². The normalized spacial score (nSPS) is 19.0. The van der Waals surface area contributed by atoms with Crippen LogP contribution < -0.4 is 15.5 Å². The molecule has 27 heavy (non-hydrogen) atoms. The fraction of sp³-hybridized carbons (Fsp3) is 0.500. The number of aromatic nitrogens is 3. The average molecular weight is 546 g/mol. The highest BCUT2D eigenvalue weighted by atomic mass is 127. The number of guanidine groups is 1. The number of halogens is 2. The van der Waals surface area contributed by atoms with Crippen molar-refractivity contribution < 1.29 is 0 Å². The highest BCUT2D eigenvalue weighted by Gasteiger charge is 2.25. The van der Waals surface area contributed by atoms with Crippen LogP contribution in [-0.2, 0) is 19.5 Å². The van der Waals surface area contributed by atoms with Crippen molar-refractivity contribution in [3.05, 3.63) is 40.4 Å². The zero-order valence-electron chi connectivity index (χ0n) is 15.4. The van der Waals surface area contributed by atoms with Gasteiger partial charge >= 0.3 is 0 Å². The summed E-state index contributed by atoms with van der Waals surface area (Å²) in [4.78, 5) is 6.77. The van der Waals surface area contributed by atoms with E-state index in [2.05, 4.69) is 69.4 Å². The standard InChI is InChI=1S/C18H24BrN7.HI/c1-20-18(21-11-17-24-23-16-7-4-9-26(16)17)22-13-8-10-25(12-13)15-6-3-2-5-14(15)19;/h2-3,5-6,13H,4,7-12H2,1H3,(H2,20,21,22);1H. The second kappa shape index (κ2) is 9.22. The molecule has 2 aliphatic rings. The van der Waals surface area contributed by atoms with Crippen LogP contribution in [0.4, 0.5) is 5.69 Å². The molecular weight excluding hydrogens is 521 g/mol. The maximum absolute atomic E-state index is 4.37. The fourth-order valence-electron chi connectivity index (χ4n) is 3.70. The van der Waals surface area contributed by atoms with Crippen LogP contribution in [0.15, 0.2) is 33.7 Å². The minimum Gasteiger partial charge on any atom is -0.368 e. The number of benzene rings is 1. The van der Waals surface area contributed by atoms with Gasteiger partial charge in [0.2, 0.25) is 0 Å². The molecule has 2 N–H and O–H groups in total. The Hall–Kier alpha value is -1.36. The summed E-state index contributed by atoms with van der Waals surface area (Å²) in [6, 6.07) is 8.75. The molecule has 146 valence electrons. The first-order valence-electron chi connectivity index (χ1n) is 9.12. The lowest BCUT2D eigenvalue weighted by Gasteiger charge is -2.21. The van der Waals surface area contributed by atoms with E-state index in [4.69, 9.17) is 0 Å². The van der Waals surface area contributed by atoms with Gasteiger partial charge in [0.15, 0.2) is 11.8 Å². The first-order valence-corrected chi connectivity index (χ1v) is 9.91. The smallest absolute Gasteiger partial charge is 0.191 e. The number of nitrogens with zero attached hydrogens (tertiary/aromatic N) is 5. The van der Waals surface area contributed by atoms with Gasteiger partial charge in [0, 0.05) is 43.6 Å². The third kappa shape index (κ3) is 4.56. The zero-order valence-corrected chi connectivity index (χ0v) is 19.3. The second-order valence-electron chi connectivity index (χ2n) is 6.74.